The second-order valence-corrected chi connectivity index (χ2v) is 7.09. The van der Waals surface area contributed by atoms with Crippen LogP contribution in [0.15, 0.2) is 36.7 Å². The fourth-order valence-corrected chi connectivity index (χ4v) is 3.69. The third-order valence-electron chi connectivity index (χ3n) is 5.13. The minimum Gasteiger partial charge on any atom is -0.342 e. The van der Waals surface area contributed by atoms with Crippen molar-refractivity contribution in [2.24, 2.45) is 0 Å². The predicted octanol–water partition coefficient (Wildman–Crippen LogP) is 2.09. The molecule has 4 rings (SSSR count). The molecule has 1 aliphatic rings. The van der Waals surface area contributed by atoms with Crippen LogP contribution in [-0.2, 0) is 17.9 Å². The topological polar surface area (TPSA) is 75.9 Å². The van der Waals surface area contributed by atoms with Gasteiger partial charge in [-0.2, -0.15) is 5.10 Å². The fourth-order valence-electron chi connectivity index (χ4n) is 3.69. The molecule has 1 saturated heterocycles. The van der Waals surface area contributed by atoms with Gasteiger partial charge in [0.05, 0.1) is 12.2 Å². The van der Waals surface area contributed by atoms with Crippen LogP contribution in [0.2, 0.25) is 0 Å². The van der Waals surface area contributed by atoms with Crippen molar-refractivity contribution in [3.8, 4) is 0 Å². The number of likely N-dealkylation sites (tertiary alicyclic amines) is 1. The number of carbonyl (C=O) groups is 1. The summed E-state index contributed by atoms with van der Waals surface area (Å²) in [7, 11) is 0. The van der Waals surface area contributed by atoms with Crippen molar-refractivity contribution in [1.82, 2.24) is 30.0 Å². The maximum Gasteiger partial charge on any atom is 0.219 e. The first-order valence-corrected chi connectivity index (χ1v) is 9.50. The molecule has 28 heavy (non-hydrogen) atoms. The van der Waals surface area contributed by atoms with Crippen molar-refractivity contribution in [3.05, 3.63) is 53.7 Å². The monoisotopic (exact) mass is 382 g/mol. The quantitative estimate of drug-likeness (QED) is 0.661. The van der Waals surface area contributed by atoms with Crippen LogP contribution in [0.5, 0.6) is 0 Å². The van der Waals surface area contributed by atoms with Gasteiger partial charge in [-0.1, -0.05) is 12.1 Å². The Morgan fingerprint density at radius 3 is 2.96 bits per heavy atom. The maximum atomic E-state index is 13.3. The molecule has 3 aromatic rings. The fraction of sp³-hybridized carbons (Fsp3) is 0.400. The van der Waals surface area contributed by atoms with Gasteiger partial charge in [0.15, 0.2) is 5.65 Å². The Balaban J connectivity index is 1.45. The van der Waals surface area contributed by atoms with Gasteiger partial charge in [0.2, 0.25) is 5.91 Å². The Morgan fingerprint density at radius 1 is 1.32 bits per heavy atom. The lowest BCUT2D eigenvalue weighted by molar-refractivity contribution is -0.127. The van der Waals surface area contributed by atoms with E-state index in [9.17, 15) is 9.18 Å². The molecule has 0 radical (unpaired) electrons. The average molecular weight is 382 g/mol. The maximum absolute atomic E-state index is 13.3. The molecule has 8 heteroatoms. The zero-order valence-corrected chi connectivity index (χ0v) is 15.8. The molecule has 7 nitrogen and oxygen atoms in total. The lowest BCUT2D eigenvalue weighted by Gasteiger charge is -2.12. The largest absolute Gasteiger partial charge is 0.342 e. The third kappa shape index (κ3) is 3.87. The van der Waals surface area contributed by atoms with Crippen LogP contribution in [-0.4, -0.2) is 50.2 Å². The second-order valence-electron chi connectivity index (χ2n) is 7.09. The van der Waals surface area contributed by atoms with Gasteiger partial charge < -0.3 is 10.2 Å². The van der Waals surface area contributed by atoms with Crippen molar-refractivity contribution in [3.63, 3.8) is 0 Å². The van der Waals surface area contributed by atoms with Gasteiger partial charge in [-0.3, -0.25) is 4.79 Å². The molecule has 0 saturated carbocycles. The van der Waals surface area contributed by atoms with Gasteiger partial charge >= 0.3 is 0 Å². The SMILES string of the molecule is CC(=O)N1CC[C@H](c2nn(CCNCc3cccc(F)c3)c3nccnc23)C1. The third-order valence-corrected chi connectivity index (χ3v) is 5.13. The molecule has 1 atom stereocenters. The summed E-state index contributed by atoms with van der Waals surface area (Å²) in [6, 6.07) is 6.57. The van der Waals surface area contributed by atoms with Crippen LogP contribution in [0.25, 0.3) is 11.2 Å². The van der Waals surface area contributed by atoms with E-state index in [1.165, 1.54) is 12.1 Å². The van der Waals surface area contributed by atoms with E-state index >= 15 is 0 Å². The van der Waals surface area contributed by atoms with E-state index in [0.29, 0.717) is 26.2 Å². The molecule has 146 valence electrons. The number of nitrogens with zero attached hydrogens (tertiary/aromatic N) is 5. The summed E-state index contributed by atoms with van der Waals surface area (Å²) in [4.78, 5) is 22.4. The van der Waals surface area contributed by atoms with Crippen LogP contribution in [0.1, 0.15) is 30.5 Å². The highest BCUT2D eigenvalue weighted by molar-refractivity contribution is 5.75. The number of hydrogen-bond donors (Lipinski definition) is 1. The van der Waals surface area contributed by atoms with Crippen molar-refractivity contribution in [1.29, 1.82) is 0 Å². The van der Waals surface area contributed by atoms with Gasteiger partial charge in [-0.05, 0) is 24.1 Å². The van der Waals surface area contributed by atoms with E-state index in [1.54, 1.807) is 25.4 Å². The molecular weight excluding hydrogens is 359 g/mol. The molecule has 0 spiro atoms. The van der Waals surface area contributed by atoms with E-state index in [-0.39, 0.29) is 17.6 Å². The van der Waals surface area contributed by atoms with Crippen LogP contribution in [0.3, 0.4) is 0 Å². The number of amides is 1. The summed E-state index contributed by atoms with van der Waals surface area (Å²) in [5.41, 5.74) is 3.38. The molecule has 1 amide bonds. The number of aromatic nitrogens is 4. The number of carbonyl (C=O) groups excluding carboxylic acids is 1. The summed E-state index contributed by atoms with van der Waals surface area (Å²) >= 11 is 0. The van der Waals surface area contributed by atoms with Crippen LogP contribution in [0, 0.1) is 5.82 Å². The lowest BCUT2D eigenvalue weighted by Crippen LogP contribution is -2.25. The first-order chi connectivity index (χ1) is 13.6. The Kier molecular flexibility index (Phi) is 5.29. The Bertz CT molecular complexity index is 988. The van der Waals surface area contributed by atoms with E-state index < -0.39 is 0 Å². The molecule has 2 aromatic heterocycles. The average Bonchev–Trinajstić information content (AvgIpc) is 3.31. The normalized spacial score (nSPS) is 16.8. The number of hydrogen-bond acceptors (Lipinski definition) is 5. The molecule has 1 aromatic carbocycles. The Hall–Kier alpha value is -2.87. The smallest absolute Gasteiger partial charge is 0.219 e. The predicted molar refractivity (Wildman–Crippen MR) is 103 cm³/mol. The number of benzene rings is 1. The number of fused-ring (bicyclic) bond motifs is 1. The first kappa shape index (κ1) is 18.5. The molecule has 0 aliphatic carbocycles. The van der Waals surface area contributed by atoms with Gasteiger partial charge in [0.1, 0.15) is 11.3 Å². The number of halogens is 1. The van der Waals surface area contributed by atoms with Gasteiger partial charge in [0, 0.05) is 51.4 Å². The molecular formula is C20H23FN6O. The summed E-state index contributed by atoms with van der Waals surface area (Å²) < 4.78 is 15.1. The van der Waals surface area contributed by atoms with Crippen LogP contribution >= 0.6 is 0 Å². The molecule has 0 bridgehead atoms. The lowest BCUT2D eigenvalue weighted by atomic mass is 10.0. The van der Waals surface area contributed by atoms with Crippen molar-refractivity contribution < 1.29 is 9.18 Å². The zero-order chi connectivity index (χ0) is 19.5. The standard InChI is InChI=1S/C20H23FN6O/c1-14(28)26-9-5-16(13-26)18-19-20(24-7-6-23-19)27(25-18)10-8-22-12-15-3-2-4-17(21)11-15/h2-4,6-7,11,16,22H,5,8-10,12-13H2,1H3/t16-/m0/s1. The second kappa shape index (κ2) is 8.02. The van der Waals surface area contributed by atoms with E-state index in [2.05, 4.69) is 15.3 Å². The highest BCUT2D eigenvalue weighted by atomic mass is 19.1. The van der Waals surface area contributed by atoms with E-state index in [1.807, 2.05) is 15.6 Å². The molecule has 0 unspecified atom stereocenters. The van der Waals surface area contributed by atoms with Crippen molar-refractivity contribution >= 4 is 17.1 Å². The Labute approximate surface area is 162 Å². The van der Waals surface area contributed by atoms with E-state index in [4.69, 9.17) is 5.10 Å². The van der Waals surface area contributed by atoms with E-state index in [0.717, 1.165) is 35.4 Å². The highest BCUT2D eigenvalue weighted by Gasteiger charge is 2.30. The highest BCUT2D eigenvalue weighted by Crippen LogP contribution is 2.30. The minimum atomic E-state index is -0.228. The number of nitrogens with one attached hydrogen (secondary N) is 1. The van der Waals surface area contributed by atoms with Crippen molar-refractivity contribution in [2.75, 3.05) is 19.6 Å². The molecule has 3 heterocycles. The van der Waals surface area contributed by atoms with Gasteiger partial charge in [0.25, 0.3) is 0 Å². The molecule has 1 aliphatic heterocycles. The van der Waals surface area contributed by atoms with Crippen LogP contribution in [0.4, 0.5) is 4.39 Å². The summed E-state index contributed by atoms with van der Waals surface area (Å²) in [6.45, 7) is 4.93. The summed E-state index contributed by atoms with van der Waals surface area (Å²) in [5, 5.41) is 8.09. The van der Waals surface area contributed by atoms with Crippen LogP contribution < -0.4 is 5.32 Å². The minimum absolute atomic E-state index is 0.0962. The van der Waals surface area contributed by atoms with Gasteiger partial charge in [-0.25, -0.2) is 19.0 Å². The molecule has 1 fully saturated rings. The Morgan fingerprint density at radius 2 is 2.18 bits per heavy atom. The van der Waals surface area contributed by atoms with Gasteiger partial charge in [-0.15, -0.1) is 0 Å². The summed E-state index contributed by atoms with van der Waals surface area (Å²) in [6.07, 6.45) is 4.23. The molecule has 1 N–H and O–H groups in total. The van der Waals surface area contributed by atoms with Crippen molar-refractivity contribution in [2.45, 2.75) is 32.4 Å². The first-order valence-electron chi connectivity index (χ1n) is 9.50. The number of rotatable bonds is 6. The summed E-state index contributed by atoms with van der Waals surface area (Å²) in [5.74, 6) is 0.0527. The zero-order valence-electron chi connectivity index (χ0n) is 15.8.